The molecule has 4 aromatic rings. The van der Waals surface area contributed by atoms with E-state index in [2.05, 4.69) is 4.98 Å². The van der Waals surface area contributed by atoms with Gasteiger partial charge in [0.25, 0.3) is 0 Å². The normalized spacial score (nSPS) is 11.0. The third kappa shape index (κ3) is 2.52. The molecule has 0 aliphatic carbocycles. The van der Waals surface area contributed by atoms with Crippen molar-refractivity contribution in [2.75, 3.05) is 0 Å². The van der Waals surface area contributed by atoms with Crippen molar-refractivity contribution in [3.05, 3.63) is 77.4 Å². The third-order valence-corrected chi connectivity index (χ3v) is 4.59. The molecule has 0 spiro atoms. The number of para-hydroxylation sites is 1. The Morgan fingerprint density at radius 3 is 2.54 bits per heavy atom. The molecule has 3 aromatic carbocycles. The average Bonchev–Trinajstić information content (AvgIpc) is 2.65. The highest BCUT2D eigenvalue weighted by atomic mass is 16.4. The van der Waals surface area contributed by atoms with Crippen molar-refractivity contribution in [3.8, 4) is 11.1 Å². The largest absolute Gasteiger partial charge is 0.478 e. The van der Waals surface area contributed by atoms with Crippen molar-refractivity contribution in [1.29, 1.82) is 0 Å². The Hall–Kier alpha value is -3.53. The van der Waals surface area contributed by atoms with Gasteiger partial charge in [-0.3, -0.25) is 4.79 Å². The first-order valence-electron chi connectivity index (χ1n) is 8.20. The summed E-state index contributed by atoms with van der Waals surface area (Å²) < 4.78 is 0. The number of pyridine rings is 1. The van der Waals surface area contributed by atoms with Gasteiger partial charge in [0.05, 0.1) is 16.6 Å². The van der Waals surface area contributed by atoms with E-state index < -0.39 is 5.97 Å². The van der Waals surface area contributed by atoms with Crippen molar-refractivity contribution in [1.82, 2.24) is 4.98 Å². The van der Waals surface area contributed by atoms with Crippen LogP contribution in [-0.4, -0.2) is 22.3 Å². The Balaban J connectivity index is 2.13. The van der Waals surface area contributed by atoms with Crippen LogP contribution in [0.25, 0.3) is 32.9 Å². The van der Waals surface area contributed by atoms with Crippen molar-refractivity contribution >= 4 is 34.1 Å². The molecular formula is C22H15NO3. The molecule has 0 bridgehead atoms. The molecule has 126 valence electrons. The van der Waals surface area contributed by atoms with Crippen LogP contribution < -0.4 is 0 Å². The number of rotatable bonds is 3. The Kier molecular flexibility index (Phi) is 3.73. The van der Waals surface area contributed by atoms with Gasteiger partial charge in [0.2, 0.25) is 0 Å². The molecule has 0 atom stereocenters. The number of carbonyl (C=O) groups is 2. The van der Waals surface area contributed by atoms with Crippen LogP contribution in [0.4, 0.5) is 0 Å². The summed E-state index contributed by atoms with van der Waals surface area (Å²) in [5, 5.41) is 11.4. The van der Waals surface area contributed by atoms with E-state index in [1.807, 2.05) is 37.3 Å². The Morgan fingerprint density at radius 1 is 1.00 bits per heavy atom. The third-order valence-electron chi connectivity index (χ3n) is 4.59. The minimum Gasteiger partial charge on any atom is -0.478 e. The topological polar surface area (TPSA) is 67.3 Å². The monoisotopic (exact) mass is 341 g/mol. The molecule has 4 nitrogen and oxygen atoms in total. The molecule has 1 aromatic heterocycles. The first kappa shape index (κ1) is 16.0. The van der Waals surface area contributed by atoms with Gasteiger partial charge in [0.1, 0.15) is 6.29 Å². The van der Waals surface area contributed by atoms with E-state index in [0.29, 0.717) is 11.1 Å². The maximum atomic E-state index is 11.9. The summed E-state index contributed by atoms with van der Waals surface area (Å²) in [6.07, 6.45) is 0.785. The molecule has 0 radical (unpaired) electrons. The summed E-state index contributed by atoms with van der Waals surface area (Å²) in [7, 11) is 0. The number of carboxylic acids is 1. The highest BCUT2D eigenvalue weighted by molar-refractivity contribution is 6.09. The average molecular weight is 341 g/mol. The van der Waals surface area contributed by atoms with Crippen LogP contribution >= 0.6 is 0 Å². The highest BCUT2D eigenvalue weighted by Gasteiger charge is 2.18. The minimum absolute atomic E-state index is 0.219. The standard InChI is InChI=1S/C22H15NO3/c1-13-10-14(12-24)6-7-16(13)21-17(22(25)26)8-9-20-18(21)11-15-4-2-3-5-19(15)23-20/h2-12H,1H3,(H,25,26). The lowest BCUT2D eigenvalue weighted by Gasteiger charge is -2.14. The zero-order valence-electron chi connectivity index (χ0n) is 14.1. The van der Waals surface area contributed by atoms with Gasteiger partial charge in [-0.15, -0.1) is 0 Å². The summed E-state index contributed by atoms with van der Waals surface area (Å²) in [4.78, 5) is 27.6. The lowest BCUT2D eigenvalue weighted by molar-refractivity contribution is 0.0697. The molecule has 0 unspecified atom stereocenters. The quantitative estimate of drug-likeness (QED) is 0.426. The molecule has 0 aliphatic rings. The van der Waals surface area contributed by atoms with E-state index in [9.17, 15) is 14.7 Å². The molecule has 0 aliphatic heterocycles. The van der Waals surface area contributed by atoms with E-state index in [1.54, 1.807) is 30.3 Å². The van der Waals surface area contributed by atoms with Gasteiger partial charge in [-0.1, -0.05) is 30.3 Å². The number of nitrogens with zero attached hydrogens (tertiary/aromatic N) is 1. The van der Waals surface area contributed by atoms with Gasteiger partial charge >= 0.3 is 5.97 Å². The molecular weight excluding hydrogens is 326 g/mol. The fraction of sp³-hybridized carbons (Fsp3) is 0.0455. The molecule has 1 N–H and O–H groups in total. The highest BCUT2D eigenvalue weighted by Crippen LogP contribution is 2.35. The van der Waals surface area contributed by atoms with E-state index in [-0.39, 0.29) is 5.56 Å². The van der Waals surface area contributed by atoms with E-state index >= 15 is 0 Å². The number of aryl methyl sites for hydroxylation is 1. The van der Waals surface area contributed by atoms with Crippen LogP contribution in [0.2, 0.25) is 0 Å². The second-order valence-corrected chi connectivity index (χ2v) is 6.23. The number of fused-ring (bicyclic) bond motifs is 2. The van der Waals surface area contributed by atoms with Crippen molar-refractivity contribution in [2.45, 2.75) is 6.92 Å². The Morgan fingerprint density at radius 2 is 1.81 bits per heavy atom. The number of carboxylic acid groups (broad SMARTS) is 1. The van der Waals surface area contributed by atoms with E-state index in [1.165, 1.54) is 0 Å². The second kappa shape index (κ2) is 6.08. The minimum atomic E-state index is -0.992. The predicted octanol–water partition coefficient (Wildman–Crippen LogP) is 4.87. The van der Waals surface area contributed by atoms with Crippen molar-refractivity contribution in [3.63, 3.8) is 0 Å². The summed E-state index contributed by atoms with van der Waals surface area (Å²) in [5.41, 5.74) is 4.64. The molecule has 26 heavy (non-hydrogen) atoms. The molecule has 0 saturated heterocycles. The molecule has 0 saturated carbocycles. The second-order valence-electron chi connectivity index (χ2n) is 6.23. The van der Waals surface area contributed by atoms with Gasteiger partial charge in [-0.2, -0.15) is 0 Å². The van der Waals surface area contributed by atoms with Gasteiger partial charge in [0.15, 0.2) is 0 Å². The van der Waals surface area contributed by atoms with Crippen LogP contribution in [0.15, 0.2) is 60.7 Å². The zero-order chi connectivity index (χ0) is 18.3. The van der Waals surface area contributed by atoms with Crippen LogP contribution in [-0.2, 0) is 0 Å². The fourth-order valence-electron chi connectivity index (χ4n) is 3.36. The lowest BCUT2D eigenvalue weighted by atomic mass is 9.91. The number of hydrogen-bond acceptors (Lipinski definition) is 3. The molecule has 0 fully saturated rings. The first-order valence-corrected chi connectivity index (χ1v) is 8.20. The summed E-state index contributed by atoms with van der Waals surface area (Å²) in [6.45, 7) is 1.88. The maximum Gasteiger partial charge on any atom is 0.336 e. The molecule has 1 heterocycles. The van der Waals surface area contributed by atoms with Crippen LogP contribution in [0.5, 0.6) is 0 Å². The number of benzene rings is 3. The molecule has 0 amide bonds. The number of aromatic nitrogens is 1. The van der Waals surface area contributed by atoms with E-state index in [0.717, 1.165) is 39.2 Å². The van der Waals surface area contributed by atoms with Gasteiger partial charge in [0, 0.05) is 21.9 Å². The summed E-state index contributed by atoms with van der Waals surface area (Å²) >= 11 is 0. The maximum absolute atomic E-state index is 11.9. The Bertz CT molecular complexity index is 1190. The smallest absolute Gasteiger partial charge is 0.336 e. The Labute approximate surface area is 149 Å². The van der Waals surface area contributed by atoms with Crippen LogP contribution in [0.3, 0.4) is 0 Å². The number of aldehydes is 1. The van der Waals surface area contributed by atoms with Gasteiger partial charge in [-0.25, -0.2) is 9.78 Å². The lowest BCUT2D eigenvalue weighted by Crippen LogP contribution is -2.02. The SMILES string of the molecule is Cc1cc(C=O)ccc1-c1c(C(=O)O)ccc2nc3ccccc3cc12. The summed E-state index contributed by atoms with van der Waals surface area (Å²) in [5.74, 6) is -0.992. The zero-order valence-corrected chi connectivity index (χ0v) is 14.1. The van der Waals surface area contributed by atoms with Gasteiger partial charge in [-0.05, 0) is 48.4 Å². The summed E-state index contributed by atoms with van der Waals surface area (Å²) in [6, 6.07) is 18.3. The fourth-order valence-corrected chi connectivity index (χ4v) is 3.36. The molecule has 4 rings (SSSR count). The van der Waals surface area contributed by atoms with Crippen LogP contribution in [0.1, 0.15) is 26.3 Å². The molecule has 4 heteroatoms. The van der Waals surface area contributed by atoms with E-state index in [4.69, 9.17) is 0 Å². The first-order chi connectivity index (χ1) is 12.6. The van der Waals surface area contributed by atoms with Crippen molar-refractivity contribution < 1.29 is 14.7 Å². The predicted molar refractivity (Wildman–Crippen MR) is 102 cm³/mol. The van der Waals surface area contributed by atoms with Crippen molar-refractivity contribution in [2.24, 2.45) is 0 Å². The number of aromatic carboxylic acids is 1. The van der Waals surface area contributed by atoms with Gasteiger partial charge < -0.3 is 5.11 Å². The number of carbonyl (C=O) groups excluding carboxylic acids is 1. The number of hydrogen-bond donors (Lipinski definition) is 1. The van der Waals surface area contributed by atoms with Crippen LogP contribution in [0, 0.1) is 6.92 Å².